The molecule has 28 heavy (non-hydrogen) atoms. The Bertz CT molecular complexity index is 996. The van der Waals surface area contributed by atoms with E-state index in [2.05, 4.69) is 64.5 Å². The highest BCUT2D eigenvalue weighted by molar-refractivity contribution is 5.76. The number of H-pyrrole nitrogens is 1. The third-order valence-corrected chi connectivity index (χ3v) is 5.53. The van der Waals surface area contributed by atoms with Crippen LogP contribution in [-0.2, 0) is 19.5 Å². The summed E-state index contributed by atoms with van der Waals surface area (Å²) < 4.78 is 0. The van der Waals surface area contributed by atoms with Crippen molar-refractivity contribution in [3.63, 3.8) is 0 Å². The number of aryl methyl sites for hydroxylation is 1. The lowest BCUT2D eigenvalue weighted by Gasteiger charge is -2.34. The first-order chi connectivity index (χ1) is 13.5. The van der Waals surface area contributed by atoms with Crippen LogP contribution in [-0.4, -0.2) is 52.5 Å². The summed E-state index contributed by atoms with van der Waals surface area (Å²) in [5.74, 6) is 0.793. The van der Waals surface area contributed by atoms with Gasteiger partial charge >= 0.3 is 6.03 Å². The van der Waals surface area contributed by atoms with Crippen LogP contribution in [0.3, 0.4) is 0 Å². The molecule has 146 valence electrons. The number of aromatic amines is 1. The molecule has 0 aliphatic carbocycles. The molecular formula is C22H27N5O. The number of nitrogens with one attached hydrogen (secondary N) is 2. The number of rotatable bonds is 4. The molecule has 0 radical (unpaired) electrons. The number of benzene rings is 2. The lowest BCUT2D eigenvalue weighted by molar-refractivity contribution is 0.186. The molecule has 6 heteroatoms. The SMILES string of the molecule is Cc1ccc2nc(CN(C)C(=O)NC[C@H]3Cc4ccccc4CN3C)[nH]c2c1. The smallest absolute Gasteiger partial charge is 0.317 e. The fourth-order valence-corrected chi connectivity index (χ4v) is 3.83. The molecule has 6 nitrogen and oxygen atoms in total. The maximum atomic E-state index is 12.6. The molecule has 2 heterocycles. The van der Waals surface area contributed by atoms with Crippen LogP contribution in [0.15, 0.2) is 42.5 Å². The second kappa shape index (κ2) is 7.64. The average molecular weight is 377 g/mol. The molecule has 1 aromatic heterocycles. The van der Waals surface area contributed by atoms with Gasteiger partial charge in [0.05, 0.1) is 17.6 Å². The van der Waals surface area contributed by atoms with E-state index in [0.29, 0.717) is 19.1 Å². The van der Waals surface area contributed by atoms with Gasteiger partial charge in [-0.2, -0.15) is 0 Å². The standard InChI is InChI=1S/C22H27N5O/c1-15-8-9-19-20(10-15)25-21(24-19)14-27(3)22(28)23-12-18-11-16-6-4-5-7-17(16)13-26(18)2/h4-10,18H,11-14H2,1-3H3,(H,23,28)(H,24,25)/t18-/m1/s1. The molecular weight excluding hydrogens is 350 g/mol. The Labute approximate surface area is 165 Å². The van der Waals surface area contributed by atoms with Gasteiger partial charge in [-0.25, -0.2) is 9.78 Å². The molecule has 3 aromatic rings. The summed E-state index contributed by atoms with van der Waals surface area (Å²) >= 11 is 0. The van der Waals surface area contributed by atoms with Crippen molar-refractivity contribution in [3.05, 3.63) is 65.0 Å². The summed E-state index contributed by atoms with van der Waals surface area (Å²) in [5, 5.41) is 3.08. The highest BCUT2D eigenvalue weighted by atomic mass is 16.2. The highest BCUT2D eigenvalue weighted by Gasteiger charge is 2.24. The second-order valence-corrected chi connectivity index (χ2v) is 7.79. The predicted molar refractivity (Wildman–Crippen MR) is 111 cm³/mol. The largest absolute Gasteiger partial charge is 0.340 e. The topological polar surface area (TPSA) is 64.3 Å². The van der Waals surface area contributed by atoms with Crippen molar-refractivity contribution in [1.29, 1.82) is 0 Å². The van der Waals surface area contributed by atoms with Crippen LogP contribution in [0.5, 0.6) is 0 Å². The molecule has 4 rings (SSSR count). The molecule has 0 bridgehead atoms. The average Bonchev–Trinajstić information content (AvgIpc) is 3.07. The highest BCUT2D eigenvalue weighted by Crippen LogP contribution is 2.21. The lowest BCUT2D eigenvalue weighted by Crippen LogP contribution is -2.48. The fraction of sp³-hybridized carbons (Fsp3) is 0.364. The maximum Gasteiger partial charge on any atom is 0.317 e. The van der Waals surface area contributed by atoms with Gasteiger partial charge in [0.15, 0.2) is 0 Å². The number of hydrogen-bond acceptors (Lipinski definition) is 3. The van der Waals surface area contributed by atoms with Crippen molar-refractivity contribution in [3.8, 4) is 0 Å². The summed E-state index contributed by atoms with van der Waals surface area (Å²) in [7, 11) is 3.92. The van der Waals surface area contributed by atoms with Crippen LogP contribution in [0.2, 0.25) is 0 Å². The van der Waals surface area contributed by atoms with E-state index in [0.717, 1.165) is 29.8 Å². The summed E-state index contributed by atoms with van der Waals surface area (Å²) in [6, 6.07) is 14.9. The number of carbonyl (C=O) groups excluding carboxylic acids is 1. The number of fused-ring (bicyclic) bond motifs is 2. The van der Waals surface area contributed by atoms with E-state index in [1.807, 2.05) is 12.1 Å². The Morgan fingerprint density at radius 2 is 2.07 bits per heavy atom. The molecule has 2 N–H and O–H groups in total. The van der Waals surface area contributed by atoms with Crippen LogP contribution in [0, 0.1) is 6.92 Å². The molecule has 0 saturated carbocycles. The molecule has 0 spiro atoms. The predicted octanol–water partition coefficient (Wildman–Crippen LogP) is 3.07. The third kappa shape index (κ3) is 3.87. The summed E-state index contributed by atoms with van der Waals surface area (Å²) in [5.41, 5.74) is 5.88. The molecule has 2 amide bonds. The number of imidazole rings is 1. The van der Waals surface area contributed by atoms with Crippen LogP contribution < -0.4 is 5.32 Å². The van der Waals surface area contributed by atoms with Gasteiger partial charge < -0.3 is 15.2 Å². The van der Waals surface area contributed by atoms with Crippen molar-refractivity contribution < 1.29 is 4.79 Å². The first-order valence-electron chi connectivity index (χ1n) is 9.71. The Morgan fingerprint density at radius 3 is 2.89 bits per heavy atom. The normalized spacial score (nSPS) is 16.8. The van der Waals surface area contributed by atoms with Crippen molar-refractivity contribution in [2.24, 2.45) is 0 Å². The zero-order valence-corrected chi connectivity index (χ0v) is 16.7. The van der Waals surface area contributed by atoms with E-state index < -0.39 is 0 Å². The number of likely N-dealkylation sites (N-methyl/N-ethyl adjacent to an activating group) is 1. The van der Waals surface area contributed by atoms with Crippen molar-refractivity contribution in [1.82, 2.24) is 25.1 Å². The first-order valence-corrected chi connectivity index (χ1v) is 9.71. The quantitative estimate of drug-likeness (QED) is 0.734. The van der Waals surface area contributed by atoms with Crippen LogP contribution in [0.1, 0.15) is 22.5 Å². The van der Waals surface area contributed by atoms with Gasteiger partial charge in [0.1, 0.15) is 5.82 Å². The van der Waals surface area contributed by atoms with Gasteiger partial charge in [-0.1, -0.05) is 30.3 Å². The van der Waals surface area contributed by atoms with E-state index in [-0.39, 0.29) is 6.03 Å². The molecule has 1 aliphatic rings. The Hall–Kier alpha value is -2.86. The number of carbonyl (C=O) groups is 1. The van der Waals surface area contributed by atoms with E-state index in [1.165, 1.54) is 16.7 Å². The third-order valence-electron chi connectivity index (χ3n) is 5.53. The minimum absolute atomic E-state index is 0.0797. The molecule has 0 fully saturated rings. The van der Waals surface area contributed by atoms with Crippen LogP contribution in [0.4, 0.5) is 4.79 Å². The number of aromatic nitrogens is 2. The van der Waals surface area contributed by atoms with Gasteiger partial charge in [0.25, 0.3) is 0 Å². The monoisotopic (exact) mass is 377 g/mol. The maximum absolute atomic E-state index is 12.6. The minimum Gasteiger partial charge on any atom is -0.340 e. The van der Waals surface area contributed by atoms with Gasteiger partial charge in [-0.15, -0.1) is 0 Å². The first kappa shape index (κ1) is 18.5. The van der Waals surface area contributed by atoms with Crippen molar-refractivity contribution in [2.45, 2.75) is 32.5 Å². The molecule has 2 aromatic carbocycles. The fourth-order valence-electron chi connectivity index (χ4n) is 3.83. The van der Waals surface area contributed by atoms with Crippen LogP contribution in [0.25, 0.3) is 11.0 Å². The van der Waals surface area contributed by atoms with Gasteiger partial charge in [-0.05, 0) is 49.2 Å². The molecule has 1 atom stereocenters. The minimum atomic E-state index is -0.0797. The lowest BCUT2D eigenvalue weighted by atomic mass is 9.94. The van der Waals surface area contributed by atoms with Crippen LogP contribution >= 0.6 is 0 Å². The number of nitrogens with zero attached hydrogens (tertiary/aromatic N) is 3. The van der Waals surface area contributed by atoms with Gasteiger partial charge in [-0.3, -0.25) is 4.90 Å². The number of amides is 2. The van der Waals surface area contributed by atoms with E-state index >= 15 is 0 Å². The number of hydrogen-bond donors (Lipinski definition) is 2. The number of urea groups is 1. The second-order valence-electron chi connectivity index (χ2n) is 7.79. The van der Waals surface area contributed by atoms with E-state index in [4.69, 9.17) is 0 Å². The molecule has 0 saturated heterocycles. The molecule has 0 unspecified atom stereocenters. The molecule has 1 aliphatic heterocycles. The van der Waals surface area contributed by atoms with E-state index in [9.17, 15) is 4.79 Å². The Morgan fingerprint density at radius 1 is 1.29 bits per heavy atom. The van der Waals surface area contributed by atoms with Gasteiger partial charge in [0.2, 0.25) is 0 Å². The van der Waals surface area contributed by atoms with Gasteiger partial charge in [0, 0.05) is 26.2 Å². The van der Waals surface area contributed by atoms with Crippen molar-refractivity contribution in [2.75, 3.05) is 20.6 Å². The van der Waals surface area contributed by atoms with Crippen molar-refractivity contribution >= 4 is 17.1 Å². The Kier molecular flexibility index (Phi) is 5.05. The summed E-state index contributed by atoms with van der Waals surface area (Å²) in [6.45, 7) is 4.06. The Balaban J connectivity index is 1.34. The van der Waals surface area contributed by atoms with E-state index in [1.54, 1.807) is 11.9 Å². The zero-order chi connectivity index (χ0) is 19.7. The summed E-state index contributed by atoms with van der Waals surface area (Å²) in [4.78, 5) is 24.4. The zero-order valence-electron chi connectivity index (χ0n) is 16.7. The summed E-state index contributed by atoms with van der Waals surface area (Å²) in [6.07, 6.45) is 0.958.